The van der Waals surface area contributed by atoms with Crippen LogP contribution in [0.15, 0.2) is 63.1 Å². The Morgan fingerprint density at radius 1 is 0.933 bits per heavy atom. The summed E-state index contributed by atoms with van der Waals surface area (Å²) in [5.74, 6) is 0.964. The van der Waals surface area contributed by atoms with E-state index in [9.17, 15) is 9.59 Å². The number of benzene rings is 2. The Morgan fingerprint density at radius 2 is 1.67 bits per heavy atom. The average Bonchev–Trinajstić information content (AvgIpc) is 2.77. The van der Waals surface area contributed by atoms with Gasteiger partial charge in [-0.25, -0.2) is 14.8 Å². The number of hydrogen-bond acceptors (Lipinski definition) is 5. The van der Waals surface area contributed by atoms with Crippen LogP contribution in [0.5, 0.6) is 0 Å². The molecule has 0 atom stereocenters. The van der Waals surface area contributed by atoms with Crippen LogP contribution < -0.4 is 11.2 Å². The van der Waals surface area contributed by atoms with Crippen molar-refractivity contribution < 1.29 is 0 Å². The summed E-state index contributed by atoms with van der Waals surface area (Å²) in [4.78, 5) is 34.5. The lowest BCUT2D eigenvalue weighted by atomic mass is 10.2. The summed E-state index contributed by atoms with van der Waals surface area (Å²) < 4.78 is 2.44. The number of aryl methyl sites for hydroxylation is 1. The lowest BCUT2D eigenvalue weighted by Crippen LogP contribution is -2.37. The van der Waals surface area contributed by atoms with Crippen molar-refractivity contribution >= 4 is 46.0 Å². The number of fused-ring (bicyclic) bond motifs is 1. The zero-order valence-electron chi connectivity index (χ0n) is 16.1. The molecule has 152 valence electrons. The maximum atomic E-state index is 12.9. The predicted molar refractivity (Wildman–Crippen MR) is 121 cm³/mol. The lowest BCUT2D eigenvalue weighted by Gasteiger charge is -2.12. The molecule has 0 aliphatic carbocycles. The molecule has 2 heterocycles. The van der Waals surface area contributed by atoms with Gasteiger partial charge in [0.15, 0.2) is 11.5 Å². The minimum Gasteiger partial charge on any atom is -0.280 e. The quantitative estimate of drug-likeness (QED) is 0.336. The first-order valence-corrected chi connectivity index (χ1v) is 10.7. The second kappa shape index (κ2) is 8.26. The number of aromatic nitrogens is 4. The molecular formula is C21H16Cl2N4O2S. The highest BCUT2D eigenvalue weighted by Crippen LogP contribution is 2.30. The zero-order valence-corrected chi connectivity index (χ0v) is 18.4. The number of hydrogen-bond donors (Lipinski definition) is 0. The van der Waals surface area contributed by atoms with Gasteiger partial charge in [-0.1, -0.05) is 59.6 Å². The van der Waals surface area contributed by atoms with Crippen molar-refractivity contribution in [3.05, 3.63) is 85.0 Å². The Balaban J connectivity index is 1.90. The summed E-state index contributed by atoms with van der Waals surface area (Å²) >= 11 is 13.5. The van der Waals surface area contributed by atoms with E-state index in [0.717, 1.165) is 15.7 Å². The maximum Gasteiger partial charge on any atom is 0.332 e. The topological polar surface area (TPSA) is 69.8 Å². The van der Waals surface area contributed by atoms with Crippen LogP contribution in [0.3, 0.4) is 0 Å². The van der Waals surface area contributed by atoms with E-state index in [4.69, 9.17) is 23.2 Å². The van der Waals surface area contributed by atoms with E-state index in [2.05, 4.69) is 9.97 Å². The van der Waals surface area contributed by atoms with E-state index in [-0.39, 0.29) is 0 Å². The molecule has 2 aromatic heterocycles. The molecule has 0 unspecified atom stereocenters. The van der Waals surface area contributed by atoms with Crippen LogP contribution in [0.4, 0.5) is 0 Å². The van der Waals surface area contributed by atoms with E-state index in [0.29, 0.717) is 37.7 Å². The number of nitrogens with zero attached hydrogens (tertiary/aromatic N) is 4. The van der Waals surface area contributed by atoms with Gasteiger partial charge < -0.3 is 0 Å². The Kier molecular flexibility index (Phi) is 5.69. The summed E-state index contributed by atoms with van der Waals surface area (Å²) in [6.45, 7) is 0. The van der Waals surface area contributed by atoms with Gasteiger partial charge >= 0.3 is 5.69 Å². The molecule has 0 saturated carbocycles. The molecule has 0 radical (unpaired) electrons. The van der Waals surface area contributed by atoms with Crippen molar-refractivity contribution in [2.45, 2.75) is 10.8 Å². The third-order valence-corrected chi connectivity index (χ3v) is 6.44. The predicted octanol–water partition coefficient (Wildman–Crippen LogP) is 4.29. The standard InChI is InChI=1S/C21H16Cl2N4O2S/c1-26-18-16(20(28)27(2)21(26)29)19(25-17(24-18)13-6-4-3-5-7-13)30-11-12-8-9-14(22)15(23)10-12/h3-10H,11H2,1-2H3. The highest BCUT2D eigenvalue weighted by molar-refractivity contribution is 7.98. The Bertz CT molecular complexity index is 1380. The van der Waals surface area contributed by atoms with Crippen molar-refractivity contribution in [3.8, 4) is 11.4 Å². The zero-order chi connectivity index (χ0) is 21.4. The monoisotopic (exact) mass is 458 g/mol. The first-order chi connectivity index (χ1) is 14.4. The molecule has 9 heteroatoms. The third-order valence-electron chi connectivity index (χ3n) is 4.66. The molecular weight excluding hydrogens is 443 g/mol. The van der Waals surface area contributed by atoms with Crippen LogP contribution in [0, 0.1) is 0 Å². The van der Waals surface area contributed by atoms with Crippen LogP contribution in [0.2, 0.25) is 10.0 Å². The maximum absolute atomic E-state index is 12.9. The van der Waals surface area contributed by atoms with Crippen molar-refractivity contribution in [2.24, 2.45) is 14.1 Å². The number of rotatable bonds is 4. The molecule has 6 nitrogen and oxygen atoms in total. The summed E-state index contributed by atoms with van der Waals surface area (Å²) in [6, 6.07) is 14.8. The second-order valence-electron chi connectivity index (χ2n) is 6.66. The van der Waals surface area contributed by atoms with Gasteiger partial charge in [-0.2, -0.15) is 0 Å². The van der Waals surface area contributed by atoms with Crippen LogP contribution in [-0.4, -0.2) is 19.1 Å². The van der Waals surface area contributed by atoms with E-state index >= 15 is 0 Å². The van der Waals surface area contributed by atoms with Crippen molar-refractivity contribution in [2.75, 3.05) is 0 Å². The van der Waals surface area contributed by atoms with Crippen molar-refractivity contribution in [1.82, 2.24) is 19.1 Å². The molecule has 0 spiro atoms. The summed E-state index contributed by atoms with van der Waals surface area (Å²) in [5, 5.41) is 1.75. The van der Waals surface area contributed by atoms with Crippen molar-refractivity contribution in [1.29, 1.82) is 0 Å². The normalized spacial score (nSPS) is 11.2. The SMILES string of the molecule is Cn1c(=O)c2c(SCc3ccc(Cl)c(Cl)c3)nc(-c3ccccc3)nc2n(C)c1=O. The van der Waals surface area contributed by atoms with Gasteiger partial charge in [0, 0.05) is 25.4 Å². The molecule has 0 aliphatic rings. The van der Waals surface area contributed by atoms with Gasteiger partial charge in [-0.3, -0.25) is 13.9 Å². The van der Waals surface area contributed by atoms with Gasteiger partial charge in [0.2, 0.25) is 0 Å². The largest absolute Gasteiger partial charge is 0.332 e. The van der Waals surface area contributed by atoms with Crippen LogP contribution in [-0.2, 0) is 19.8 Å². The first-order valence-electron chi connectivity index (χ1n) is 8.96. The average molecular weight is 459 g/mol. The fourth-order valence-corrected chi connectivity index (χ4v) is 4.31. The van der Waals surface area contributed by atoms with E-state index < -0.39 is 11.2 Å². The van der Waals surface area contributed by atoms with Gasteiger partial charge in [-0.15, -0.1) is 11.8 Å². The Labute approximate surface area is 186 Å². The molecule has 0 amide bonds. The molecule has 0 aliphatic heterocycles. The van der Waals surface area contributed by atoms with E-state index in [1.807, 2.05) is 36.4 Å². The Morgan fingerprint density at radius 3 is 2.37 bits per heavy atom. The van der Waals surface area contributed by atoms with Gasteiger partial charge in [0.25, 0.3) is 5.56 Å². The number of thioether (sulfide) groups is 1. The summed E-state index contributed by atoms with van der Waals surface area (Å²) in [5.41, 5.74) is 1.16. The smallest absolute Gasteiger partial charge is 0.280 e. The second-order valence-corrected chi connectivity index (χ2v) is 8.44. The van der Waals surface area contributed by atoms with Gasteiger partial charge in [0.05, 0.1) is 10.0 Å². The summed E-state index contributed by atoms with van der Waals surface area (Å²) in [7, 11) is 3.04. The fraction of sp³-hybridized carbons (Fsp3) is 0.143. The Hall–Kier alpha value is -2.61. The van der Waals surface area contributed by atoms with Crippen LogP contribution >= 0.6 is 35.0 Å². The first kappa shape index (κ1) is 20.7. The molecule has 0 saturated heterocycles. The highest BCUT2D eigenvalue weighted by atomic mass is 35.5. The molecule has 4 rings (SSSR count). The minimum atomic E-state index is -0.439. The van der Waals surface area contributed by atoms with E-state index in [1.165, 1.54) is 23.4 Å². The summed E-state index contributed by atoms with van der Waals surface area (Å²) in [6.07, 6.45) is 0. The number of halogens is 2. The molecule has 2 aromatic carbocycles. The molecule has 4 aromatic rings. The fourth-order valence-electron chi connectivity index (χ4n) is 3.03. The van der Waals surface area contributed by atoms with Crippen molar-refractivity contribution in [3.63, 3.8) is 0 Å². The highest BCUT2D eigenvalue weighted by Gasteiger charge is 2.18. The van der Waals surface area contributed by atoms with Crippen LogP contribution in [0.25, 0.3) is 22.4 Å². The van der Waals surface area contributed by atoms with E-state index in [1.54, 1.807) is 19.2 Å². The molecule has 0 fully saturated rings. The molecule has 0 N–H and O–H groups in total. The van der Waals surface area contributed by atoms with Crippen LogP contribution in [0.1, 0.15) is 5.56 Å². The van der Waals surface area contributed by atoms with Gasteiger partial charge in [0.1, 0.15) is 10.4 Å². The molecule has 0 bridgehead atoms. The lowest BCUT2D eigenvalue weighted by molar-refractivity contribution is 0.703. The minimum absolute atomic E-state index is 0.300. The third kappa shape index (κ3) is 3.76. The molecule has 30 heavy (non-hydrogen) atoms. The van der Waals surface area contributed by atoms with Gasteiger partial charge in [-0.05, 0) is 17.7 Å².